The van der Waals surface area contributed by atoms with Gasteiger partial charge in [0.15, 0.2) is 5.76 Å². The van der Waals surface area contributed by atoms with E-state index in [0.29, 0.717) is 15.3 Å². The molecule has 2 aromatic heterocycles. The molecule has 0 aliphatic rings. The molecule has 3 aromatic rings. The minimum absolute atomic E-state index is 0.0147. The minimum atomic E-state index is -0.648. The number of hydrazone groups is 1. The van der Waals surface area contributed by atoms with Gasteiger partial charge in [0.2, 0.25) is 5.13 Å². The van der Waals surface area contributed by atoms with Gasteiger partial charge in [-0.3, -0.25) is 25.7 Å². The predicted molar refractivity (Wildman–Crippen MR) is 82.9 cm³/mol. The van der Waals surface area contributed by atoms with Gasteiger partial charge in [-0.15, -0.1) is 0 Å². The number of hydrogen-bond acceptors (Lipinski definition) is 9. The van der Waals surface area contributed by atoms with Crippen LogP contribution in [0.2, 0.25) is 0 Å². The number of benzene rings is 1. The highest BCUT2D eigenvalue weighted by molar-refractivity contribution is 7.22. The Bertz CT molecular complexity index is 931. The third-order valence-electron chi connectivity index (χ3n) is 2.73. The Morgan fingerprint density at radius 3 is 2.74 bits per heavy atom. The van der Waals surface area contributed by atoms with Crippen molar-refractivity contribution in [1.29, 1.82) is 0 Å². The maximum atomic E-state index is 10.7. The lowest BCUT2D eigenvalue weighted by molar-refractivity contribution is -0.402. The fraction of sp³-hybridized carbons (Fsp3) is 0. The number of furan rings is 1. The van der Waals surface area contributed by atoms with E-state index in [0.717, 1.165) is 0 Å². The lowest BCUT2D eigenvalue weighted by Gasteiger charge is -1.90. The van der Waals surface area contributed by atoms with Gasteiger partial charge in [-0.1, -0.05) is 11.3 Å². The Kier molecular flexibility index (Phi) is 3.68. The smallest absolute Gasteiger partial charge is 0.400 e. The van der Waals surface area contributed by atoms with Crippen molar-refractivity contribution in [3.8, 4) is 0 Å². The lowest BCUT2D eigenvalue weighted by Crippen LogP contribution is -1.88. The summed E-state index contributed by atoms with van der Waals surface area (Å²) in [4.78, 5) is 24.3. The first kappa shape index (κ1) is 14.6. The highest BCUT2D eigenvalue weighted by Crippen LogP contribution is 2.29. The van der Waals surface area contributed by atoms with Crippen molar-refractivity contribution in [2.45, 2.75) is 0 Å². The maximum absolute atomic E-state index is 10.7. The summed E-state index contributed by atoms with van der Waals surface area (Å²) in [5.41, 5.74) is 3.24. The van der Waals surface area contributed by atoms with Crippen molar-refractivity contribution in [2.24, 2.45) is 5.10 Å². The monoisotopic (exact) mass is 333 g/mol. The van der Waals surface area contributed by atoms with Gasteiger partial charge in [0, 0.05) is 12.1 Å². The molecule has 0 bridgehead atoms. The third-order valence-corrected chi connectivity index (χ3v) is 3.65. The van der Waals surface area contributed by atoms with Crippen LogP contribution in [0.15, 0.2) is 39.9 Å². The molecule has 0 unspecified atom stereocenters. The number of non-ortho nitro benzene ring substituents is 1. The van der Waals surface area contributed by atoms with Crippen LogP contribution in [0.25, 0.3) is 10.2 Å². The van der Waals surface area contributed by atoms with Crippen molar-refractivity contribution in [2.75, 3.05) is 5.43 Å². The standard InChI is InChI=1S/C12H7N5O5S/c18-16(19)7-1-3-9-10(5-7)23-12(14-9)15-13-6-8-2-4-11(22-8)17(20)21/h1-6H,(H,14,15). The van der Waals surface area contributed by atoms with E-state index in [2.05, 4.69) is 15.5 Å². The molecule has 0 aliphatic carbocycles. The molecule has 116 valence electrons. The second-order valence-electron chi connectivity index (χ2n) is 4.23. The van der Waals surface area contributed by atoms with Crippen LogP contribution in [0.5, 0.6) is 0 Å². The van der Waals surface area contributed by atoms with E-state index in [4.69, 9.17) is 4.42 Å². The molecule has 2 heterocycles. The second-order valence-corrected chi connectivity index (χ2v) is 5.26. The zero-order chi connectivity index (χ0) is 16.4. The van der Waals surface area contributed by atoms with Crippen molar-refractivity contribution < 1.29 is 14.3 Å². The van der Waals surface area contributed by atoms with E-state index in [9.17, 15) is 20.2 Å². The van der Waals surface area contributed by atoms with Crippen LogP contribution >= 0.6 is 11.3 Å². The molecule has 11 heteroatoms. The van der Waals surface area contributed by atoms with Gasteiger partial charge < -0.3 is 4.42 Å². The molecule has 0 saturated carbocycles. The lowest BCUT2D eigenvalue weighted by atomic mass is 10.3. The van der Waals surface area contributed by atoms with E-state index >= 15 is 0 Å². The Morgan fingerprint density at radius 1 is 1.22 bits per heavy atom. The Morgan fingerprint density at radius 2 is 2.04 bits per heavy atom. The molecule has 0 saturated heterocycles. The Hall–Kier alpha value is -3.34. The minimum Gasteiger partial charge on any atom is -0.400 e. The molecule has 0 atom stereocenters. The number of hydrogen-bond donors (Lipinski definition) is 1. The molecule has 1 aromatic carbocycles. The molecule has 0 radical (unpaired) electrons. The van der Waals surface area contributed by atoms with Gasteiger partial charge in [0.25, 0.3) is 5.69 Å². The molecule has 1 N–H and O–H groups in total. The topological polar surface area (TPSA) is 137 Å². The third kappa shape index (κ3) is 3.13. The van der Waals surface area contributed by atoms with Gasteiger partial charge >= 0.3 is 5.88 Å². The van der Waals surface area contributed by atoms with Gasteiger partial charge in [0.05, 0.1) is 27.4 Å². The zero-order valence-corrected chi connectivity index (χ0v) is 12.0. The van der Waals surface area contributed by atoms with Gasteiger partial charge in [-0.05, 0) is 12.1 Å². The summed E-state index contributed by atoms with van der Waals surface area (Å²) in [5.74, 6) is -0.167. The average Bonchev–Trinajstić information content (AvgIpc) is 3.12. The van der Waals surface area contributed by atoms with Crippen molar-refractivity contribution >= 4 is 44.5 Å². The molecule has 0 amide bonds. The number of nitrogens with zero attached hydrogens (tertiary/aromatic N) is 4. The van der Waals surface area contributed by atoms with E-state index < -0.39 is 9.85 Å². The maximum Gasteiger partial charge on any atom is 0.433 e. The predicted octanol–water partition coefficient (Wildman–Crippen LogP) is 3.15. The quantitative estimate of drug-likeness (QED) is 0.430. The zero-order valence-electron chi connectivity index (χ0n) is 11.2. The average molecular weight is 333 g/mol. The van der Waals surface area contributed by atoms with Crippen LogP contribution in [-0.2, 0) is 0 Å². The van der Waals surface area contributed by atoms with E-state index in [-0.39, 0.29) is 17.3 Å². The summed E-state index contributed by atoms with van der Waals surface area (Å²) in [6, 6.07) is 6.98. The van der Waals surface area contributed by atoms with Crippen LogP contribution in [0.3, 0.4) is 0 Å². The summed E-state index contributed by atoms with van der Waals surface area (Å²) in [7, 11) is 0. The number of nitro benzene ring substituents is 1. The van der Waals surface area contributed by atoms with Crippen molar-refractivity contribution in [3.05, 3.63) is 56.3 Å². The van der Waals surface area contributed by atoms with Gasteiger partial charge in [-0.2, -0.15) is 5.10 Å². The number of fused-ring (bicyclic) bond motifs is 1. The fourth-order valence-electron chi connectivity index (χ4n) is 1.74. The summed E-state index contributed by atoms with van der Waals surface area (Å²) in [5, 5.41) is 25.5. The first-order chi connectivity index (χ1) is 11.0. The molecule has 3 rings (SSSR count). The first-order valence-electron chi connectivity index (χ1n) is 6.11. The summed E-state index contributed by atoms with van der Waals surface area (Å²) in [6.07, 6.45) is 1.27. The molecule has 0 fully saturated rings. The van der Waals surface area contributed by atoms with Gasteiger partial charge in [-0.25, -0.2) is 4.98 Å². The van der Waals surface area contributed by atoms with Crippen molar-refractivity contribution in [3.63, 3.8) is 0 Å². The second kappa shape index (κ2) is 5.81. The number of nitro groups is 2. The molecule has 23 heavy (non-hydrogen) atoms. The summed E-state index contributed by atoms with van der Waals surface area (Å²) < 4.78 is 5.55. The largest absolute Gasteiger partial charge is 0.433 e. The molecule has 10 nitrogen and oxygen atoms in total. The van der Waals surface area contributed by atoms with Crippen LogP contribution in [0.1, 0.15) is 5.76 Å². The Labute approximate surface area is 131 Å². The number of thiazole rings is 1. The number of nitrogens with one attached hydrogen (secondary N) is 1. The van der Waals surface area contributed by atoms with Crippen LogP contribution < -0.4 is 5.43 Å². The van der Waals surface area contributed by atoms with E-state index in [1.54, 1.807) is 6.07 Å². The normalized spacial score (nSPS) is 11.1. The Balaban J connectivity index is 1.74. The molecule has 0 spiro atoms. The van der Waals surface area contributed by atoms with Crippen LogP contribution in [0.4, 0.5) is 16.7 Å². The fourth-order valence-corrected chi connectivity index (χ4v) is 2.58. The molecular formula is C12H7N5O5S. The van der Waals surface area contributed by atoms with Crippen LogP contribution in [0, 0.1) is 20.2 Å². The SMILES string of the molecule is O=[N+]([O-])c1ccc2nc(NN=Cc3ccc([N+](=O)[O-])o3)sc2c1. The molecule has 0 aliphatic heterocycles. The van der Waals surface area contributed by atoms with E-state index in [1.807, 2.05) is 0 Å². The highest BCUT2D eigenvalue weighted by atomic mass is 32.1. The number of anilines is 1. The highest BCUT2D eigenvalue weighted by Gasteiger charge is 2.11. The summed E-state index contributed by atoms with van der Waals surface area (Å²) in [6.45, 7) is 0. The number of aromatic nitrogens is 1. The molecular weight excluding hydrogens is 326 g/mol. The van der Waals surface area contributed by atoms with Gasteiger partial charge in [0.1, 0.15) is 4.92 Å². The number of rotatable bonds is 5. The van der Waals surface area contributed by atoms with E-state index in [1.165, 1.54) is 41.8 Å². The summed E-state index contributed by atoms with van der Waals surface area (Å²) >= 11 is 1.19. The first-order valence-corrected chi connectivity index (χ1v) is 6.93. The van der Waals surface area contributed by atoms with Crippen molar-refractivity contribution in [1.82, 2.24) is 4.98 Å². The van der Waals surface area contributed by atoms with Crippen LogP contribution in [-0.4, -0.2) is 21.0 Å².